The Morgan fingerprint density at radius 3 is 2.60 bits per heavy atom. The van der Waals surface area contributed by atoms with Crippen LogP contribution in [0.2, 0.25) is 5.02 Å². The molecule has 2 atom stereocenters. The third-order valence-electron chi connectivity index (χ3n) is 4.10. The van der Waals surface area contributed by atoms with E-state index in [0.717, 1.165) is 25.7 Å². The van der Waals surface area contributed by atoms with Crippen LogP contribution < -0.4 is 0 Å². The van der Waals surface area contributed by atoms with Crippen molar-refractivity contribution >= 4 is 21.6 Å². The van der Waals surface area contributed by atoms with E-state index >= 15 is 0 Å². The van der Waals surface area contributed by atoms with Crippen LogP contribution in [-0.4, -0.2) is 38.0 Å². The number of sulfonamides is 1. The van der Waals surface area contributed by atoms with Crippen LogP contribution in [0, 0.1) is 0 Å². The average molecular weight is 316 g/mol. The molecule has 2 aliphatic rings. The van der Waals surface area contributed by atoms with E-state index in [4.69, 9.17) is 16.3 Å². The van der Waals surface area contributed by atoms with Gasteiger partial charge in [0.2, 0.25) is 10.0 Å². The summed E-state index contributed by atoms with van der Waals surface area (Å²) in [6, 6.07) is 6.37. The Kier molecular flexibility index (Phi) is 4.04. The molecule has 1 aliphatic carbocycles. The molecule has 1 saturated carbocycles. The summed E-state index contributed by atoms with van der Waals surface area (Å²) in [6.45, 7) is 0.917. The summed E-state index contributed by atoms with van der Waals surface area (Å²) < 4.78 is 32.9. The van der Waals surface area contributed by atoms with Crippen molar-refractivity contribution in [2.45, 2.75) is 42.7 Å². The first-order valence-electron chi connectivity index (χ1n) is 6.98. The zero-order valence-corrected chi connectivity index (χ0v) is 12.7. The summed E-state index contributed by atoms with van der Waals surface area (Å²) in [7, 11) is -3.45. The maximum Gasteiger partial charge on any atom is 0.243 e. The maximum absolute atomic E-state index is 12.8. The van der Waals surface area contributed by atoms with Gasteiger partial charge in [-0.05, 0) is 37.1 Å². The minimum absolute atomic E-state index is 0.0156. The molecule has 2 fully saturated rings. The van der Waals surface area contributed by atoms with Gasteiger partial charge in [-0.15, -0.1) is 0 Å². The molecule has 0 aromatic heterocycles. The molecule has 20 heavy (non-hydrogen) atoms. The molecular formula is C14H18ClNO3S. The molecule has 110 valence electrons. The zero-order chi connectivity index (χ0) is 14.2. The van der Waals surface area contributed by atoms with Crippen molar-refractivity contribution in [2.24, 2.45) is 0 Å². The largest absolute Gasteiger partial charge is 0.375 e. The Morgan fingerprint density at radius 2 is 1.85 bits per heavy atom. The van der Waals surface area contributed by atoms with E-state index in [1.807, 2.05) is 0 Å². The number of rotatable bonds is 2. The molecule has 1 aromatic carbocycles. The maximum atomic E-state index is 12.8. The van der Waals surface area contributed by atoms with Gasteiger partial charge in [-0.2, -0.15) is 4.31 Å². The highest BCUT2D eigenvalue weighted by Gasteiger charge is 2.40. The second-order valence-electron chi connectivity index (χ2n) is 5.33. The quantitative estimate of drug-likeness (QED) is 0.843. The Balaban J connectivity index is 1.91. The molecule has 0 amide bonds. The third kappa shape index (κ3) is 2.60. The highest BCUT2D eigenvalue weighted by molar-refractivity contribution is 7.89. The summed E-state index contributed by atoms with van der Waals surface area (Å²) in [6.07, 6.45) is 4.08. The number of hydrogen-bond acceptors (Lipinski definition) is 3. The summed E-state index contributed by atoms with van der Waals surface area (Å²) in [5, 5.41) is 0.543. The van der Waals surface area contributed by atoms with Crippen LogP contribution in [0.1, 0.15) is 25.7 Å². The minimum atomic E-state index is -3.45. The van der Waals surface area contributed by atoms with Gasteiger partial charge in [0.15, 0.2) is 0 Å². The van der Waals surface area contributed by atoms with Gasteiger partial charge < -0.3 is 4.74 Å². The first kappa shape index (κ1) is 14.3. The van der Waals surface area contributed by atoms with E-state index in [-0.39, 0.29) is 12.1 Å². The van der Waals surface area contributed by atoms with Gasteiger partial charge in [-0.25, -0.2) is 8.42 Å². The molecule has 0 spiro atoms. The summed E-state index contributed by atoms with van der Waals surface area (Å²) >= 11 is 5.83. The molecule has 3 rings (SSSR count). The van der Waals surface area contributed by atoms with Gasteiger partial charge in [0.25, 0.3) is 0 Å². The van der Waals surface area contributed by atoms with Crippen molar-refractivity contribution in [2.75, 3.05) is 13.2 Å². The van der Waals surface area contributed by atoms with Crippen molar-refractivity contribution in [3.05, 3.63) is 29.3 Å². The monoisotopic (exact) mass is 315 g/mol. The molecule has 2 unspecified atom stereocenters. The third-order valence-corrected chi connectivity index (χ3v) is 6.29. The summed E-state index contributed by atoms with van der Waals surface area (Å²) in [5.41, 5.74) is 0. The number of nitrogens with zero attached hydrogens (tertiary/aromatic N) is 1. The fraction of sp³-hybridized carbons (Fsp3) is 0.571. The van der Waals surface area contributed by atoms with Crippen molar-refractivity contribution < 1.29 is 13.2 Å². The normalized spacial score (nSPS) is 28.1. The molecule has 0 N–H and O–H groups in total. The molecule has 6 heteroatoms. The van der Waals surface area contributed by atoms with E-state index in [1.165, 1.54) is 0 Å². The van der Waals surface area contributed by atoms with E-state index in [2.05, 4.69) is 0 Å². The molecule has 0 bridgehead atoms. The van der Waals surface area contributed by atoms with Gasteiger partial charge in [-0.3, -0.25) is 0 Å². The zero-order valence-electron chi connectivity index (χ0n) is 11.2. The second-order valence-corrected chi connectivity index (χ2v) is 7.66. The van der Waals surface area contributed by atoms with E-state index in [0.29, 0.717) is 23.1 Å². The van der Waals surface area contributed by atoms with E-state index in [1.54, 1.807) is 28.6 Å². The van der Waals surface area contributed by atoms with Crippen molar-refractivity contribution in [3.8, 4) is 0 Å². The summed E-state index contributed by atoms with van der Waals surface area (Å²) in [5.74, 6) is 0. The van der Waals surface area contributed by atoms with Crippen molar-refractivity contribution in [1.29, 1.82) is 0 Å². The smallest absolute Gasteiger partial charge is 0.243 e. The first-order chi connectivity index (χ1) is 9.59. The van der Waals surface area contributed by atoms with Gasteiger partial charge >= 0.3 is 0 Å². The minimum Gasteiger partial charge on any atom is -0.375 e. The highest BCUT2D eigenvalue weighted by atomic mass is 35.5. The van der Waals surface area contributed by atoms with Gasteiger partial charge in [0, 0.05) is 11.6 Å². The fourth-order valence-electron chi connectivity index (χ4n) is 3.10. The Morgan fingerprint density at radius 1 is 1.15 bits per heavy atom. The number of ether oxygens (including phenoxy) is 1. The topological polar surface area (TPSA) is 46.6 Å². The van der Waals surface area contributed by atoms with Crippen LogP contribution in [0.4, 0.5) is 0 Å². The Labute approximate surface area is 124 Å². The van der Waals surface area contributed by atoms with Crippen LogP contribution in [0.25, 0.3) is 0 Å². The average Bonchev–Trinajstić information content (AvgIpc) is 2.47. The number of morpholine rings is 1. The first-order valence-corrected chi connectivity index (χ1v) is 8.80. The van der Waals surface area contributed by atoms with Gasteiger partial charge in [0.1, 0.15) is 0 Å². The molecule has 1 heterocycles. The molecule has 1 aromatic rings. The predicted molar refractivity (Wildman–Crippen MR) is 77.3 cm³/mol. The molecule has 1 saturated heterocycles. The Hall–Kier alpha value is -0.620. The van der Waals surface area contributed by atoms with Crippen LogP contribution in [0.5, 0.6) is 0 Å². The van der Waals surface area contributed by atoms with Crippen LogP contribution in [0.3, 0.4) is 0 Å². The number of halogens is 1. The highest BCUT2D eigenvalue weighted by Crippen LogP contribution is 2.32. The van der Waals surface area contributed by atoms with Gasteiger partial charge in [0.05, 0.1) is 23.6 Å². The number of fused-ring (bicyclic) bond motifs is 1. The lowest BCUT2D eigenvalue weighted by Gasteiger charge is -2.42. The number of hydrogen-bond donors (Lipinski definition) is 0. The van der Waals surface area contributed by atoms with Crippen molar-refractivity contribution in [3.63, 3.8) is 0 Å². The lowest BCUT2D eigenvalue weighted by Crippen LogP contribution is -2.54. The SMILES string of the molecule is O=S(=O)(c1ccc(Cl)cc1)N1CCOC2CCCCC21. The molecule has 1 aliphatic heterocycles. The predicted octanol–water partition coefficient (Wildman–Crippen LogP) is 2.67. The standard InChI is InChI=1S/C14H18ClNO3S/c15-11-5-7-12(8-6-11)20(17,18)16-9-10-19-14-4-2-1-3-13(14)16/h5-8,13-14H,1-4,9-10H2. The van der Waals surface area contributed by atoms with Crippen molar-refractivity contribution in [1.82, 2.24) is 4.31 Å². The van der Waals surface area contributed by atoms with Crippen LogP contribution >= 0.6 is 11.6 Å². The molecule has 4 nitrogen and oxygen atoms in total. The lowest BCUT2D eigenvalue weighted by atomic mass is 9.91. The Bertz CT molecular complexity index is 571. The second kappa shape index (κ2) is 5.64. The van der Waals surface area contributed by atoms with E-state index < -0.39 is 10.0 Å². The van der Waals surface area contributed by atoms with E-state index in [9.17, 15) is 8.42 Å². The fourth-order valence-corrected chi connectivity index (χ4v) is 4.89. The van der Waals surface area contributed by atoms with Gasteiger partial charge in [-0.1, -0.05) is 24.4 Å². The summed E-state index contributed by atoms with van der Waals surface area (Å²) in [4.78, 5) is 0.313. The van der Waals surface area contributed by atoms with Crippen LogP contribution in [-0.2, 0) is 14.8 Å². The molecule has 0 radical (unpaired) electrons. The van der Waals surface area contributed by atoms with Crippen LogP contribution in [0.15, 0.2) is 29.2 Å². The lowest BCUT2D eigenvalue weighted by molar-refractivity contribution is -0.0586. The number of benzene rings is 1. The molecular weight excluding hydrogens is 298 g/mol.